The van der Waals surface area contributed by atoms with Crippen molar-refractivity contribution in [2.75, 3.05) is 0 Å². The summed E-state index contributed by atoms with van der Waals surface area (Å²) < 4.78 is 6.67. The van der Waals surface area contributed by atoms with E-state index in [0.29, 0.717) is 17.2 Å². The third kappa shape index (κ3) is 3.68. The summed E-state index contributed by atoms with van der Waals surface area (Å²) in [6.07, 6.45) is 4.11. The van der Waals surface area contributed by atoms with E-state index >= 15 is 0 Å². The Balaban J connectivity index is 2.34. The molecule has 0 spiro atoms. The molecule has 4 nitrogen and oxygen atoms in total. The van der Waals surface area contributed by atoms with Crippen molar-refractivity contribution in [1.82, 2.24) is 4.98 Å². The molecule has 0 unspecified atom stereocenters. The summed E-state index contributed by atoms with van der Waals surface area (Å²) in [7, 11) is 0. The summed E-state index contributed by atoms with van der Waals surface area (Å²) in [4.78, 5) is 14.7. The van der Waals surface area contributed by atoms with Crippen molar-refractivity contribution in [3.63, 3.8) is 0 Å². The van der Waals surface area contributed by atoms with Gasteiger partial charge in [-0.05, 0) is 42.8 Å². The number of aliphatic carboxylic acids is 1. The molecular weight excluding hydrogens is 322 g/mol. The van der Waals surface area contributed by atoms with Crippen LogP contribution in [0.25, 0.3) is 6.08 Å². The second-order valence-electron chi connectivity index (χ2n) is 4.08. The maximum absolute atomic E-state index is 10.6. The fourth-order valence-corrected chi connectivity index (χ4v) is 1.90. The maximum Gasteiger partial charge on any atom is 0.328 e. The van der Waals surface area contributed by atoms with Gasteiger partial charge in [0.05, 0.1) is 0 Å². The molecule has 0 aliphatic heterocycles. The second-order valence-corrected chi connectivity index (χ2v) is 5.00. The highest BCUT2D eigenvalue weighted by atomic mass is 79.9. The van der Waals surface area contributed by atoms with Crippen molar-refractivity contribution in [1.29, 1.82) is 0 Å². The minimum absolute atomic E-state index is 0.367. The number of pyridine rings is 1. The normalized spacial score (nSPS) is 10.7. The number of carboxylic acids is 1. The van der Waals surface area contributed by atoms with E-state index in [1.807, 2.05) is 25.1 Å². The van der Waals surface area contributed by atoms with Crippen molar-refractivity contribution >= 4 is 28.0 Å². The maximum atomic E-state index is 10.6. The summed E-state index contributed by atoms with van der Waals surface area (Å²) in [5, 5.41) is 8.68. The lowest BCUT2D eigenvalue weighted by atomic mass is 10.2. The molecule has 1 aromatic carbocycles. The summed E-state index contributed by atoms with van der Waals surface area (Å²) in [5.74, 6) is 0.0210. The van der Waals surface area contributed by atoms with Gasteiger partial charge in [0, 0.05) is 22.3 Å². The number of benzene rings is 1. The van der Waals surface area contributed by atoms with Gasteiger partial charge < -0.3 is 9.84 Å². The number of ether oxygens (including phenoxy) is 1. The molecule has 0 saturated carbocycles. The number of aromatic nitrogens is 1. The van der Waals surface area contributed by atoms with Gasteiger partial charge in [0.2, 0.25) is 5.88 Å². The van der Waals surface area contributed by atoms with Gasteiger partial charge in [-0.2, -0.15) is 0 Å². The fraction of sp³-hybridized carbons (Fsp3) is 0.0667. The minimum Gasteiger partial charge on any atom is -0.478 e. The lowest BCUT2D eigenvalue weighted by molar-refractivity contribution is -0.131. The summed E-state index contributed by atoms with van der Waals surface area (Å²) in [5.41, 5.74) is 1.57. The molecule has 0 radical (unpaired) electrons. The molecule has 0 atom stereocenters. The summed E-state index contributed by atoms with van der Waals surface area (Å²) >= 11 is 3.39. The van der Waals surface area contributed by atoms with E-state index in [9.17, 15) is 4.79 Å². The zero-order valence-corrected chi connectivity index (χ0v) is 12.3. The van der Waals surface area contributed by atoms with Gasteiger partial charge in [-0.1, -0.05) is 22.0 Å². The first-order chi connectivity index (χ1) is 9.56. The van der Waals surface area contributed by atoms with E-state index in [-0.39, 0.29) is 0 Å². The molecule has 1 heterocycles. The molecule has 0 bridgehead atoms. The third-order valence-corrected chi connectivity index (χ3v) is 3.06. The Hall–Kier alpha value is -2.14. The third-order valence-electron chi connectivity index (χ3n) is 2.56. The Morgan fingerprint density at radius 2 is 2.20 bits per heavy atom. The Morgan fingerprint density at radius 3 is 2.95 bits per heavy atom. The topological polar surface area (TPSA) is 59.4 Å². The van der Waals surface area contributed by atoms with Crippen molar-refractivity contribution in [2.45, 2.75) is 6.92 Å². The average Bonchev–Trinajstić information content (AvgIpc) is 2.42. The predicted molar refractivity (Wildman–Crippen MR) is 79.9 cm³/mol. The highest BCUT2D eigenvalue weighted by molar-refractivity contribution is 9.10. The highest BCUT2D eigenvalue weighted by Crippen LogP contribution is 2.29. The molecule has 0 amide bonds. The zero-order chi connectivity index (χ0) is 14.5. The van der Waals surface area contributed by atoms with E-state index in [0.717, 1.165) is 16.1 Å². The van der Waals surface area contributed by atoms with Crippen molar-refractivity contribution in [3.8, 4) is 11.6 Å². The van der Waals surface area contributed by atoms with Crippen molar-refractivity contribution in [2.24, 2.45) is 0 Å². The first-order valence-electron chi connectivity index (χ1n) is 5.86. The van der Waals surface area contributed by atoms with Crippen LogP contribution in [0.2, 0.25) is 0 Å². The number of hydrogen-bond donors (Lipinski definition) is 1. The smallest absolute Gasteiger partial charge is 0.328 e. The molecule has 0 aliphatic carbocycles. The van der Waals surface area contributed by atoms with E-state index in [4.69, 9.17) is 9.84 Å². The van der Waals surface area contributed by atoms with E-state index in [1.54, 1.807) is 18.3 Å². The lowest BCUT2D eigenvalue weighted by Crippen LogP contribution is -1.93. The molecule has 0 saturated heterocycles. The van der Waals surface area contributed by atoms with Crippen molar-refractivity contribution < 1.29 is 14.6 Å². The van der Waals surface area contributed by atoms with E-state index < -0.39 is 5.97 Å². The lowest BCUT2D eigenvalue weighted by Gasteiger charge is -2.10. The minimum atomic E-state index is -1.02. The molecule has 1 N–H and O–H groups in total. The van der Waals surface area contributed by atoms with Crippen molar-refractivity contribution in [3.05, 3.63) is 58.2 Å². The zero-order valence-electron chi connectivity index (χ0n) is 10.7. The van der Waals surface area contributed by atoms with Gasteiger partial charge in [-0.15, -0.1) is 0 Å². The van der Waals surface area contributed by atoms with Gasteiger partial charge in [0.25, 0.3) is 0 Å². The first kappa shape index (κ1) is 14.3. The molecule has 5 heteroatoms. The number of carbonyl (C=O) groups is 1. The van der Waals surface area contributed by atoms with E-state index in [2.05, 4.69) is 20.9 Å². The van der Waals surface area contributed by atoms with Crippen LogP contribution in [0.4, 0.5) is 0 Å². The van der Waals surface area contributed by atoms with Gasteiger partial charge in [0.1, 0.15) is 5.75 Å². The van der Waals surface area contributed by atoms with Crippen LogP contribution in [0, 0.1) is 6.92 Å². The van der Waals surface area contributed by atoms with Gasteiger partial charge in [-0.25, -0.2) is 9.78 Å². The Kier molecular flexibility index (Phi) is 4.53. The van der Waals surface area contributed by atoms with Crippen LogP contribution in [0.15, 0.2) is 47.1 Å². The number of aryl methyl sites for hydroxylation is 1. The SMILES string of the molecule is Cc1ccc(Br)cc1Oc1ncccc1/C=C/C(=O)O. The second kappa shape index (κ2) is 6.34. The largest absolute Gasteiger partial charge is 0.478 e. The monoisotopic (exact) mass is 333 g/mol. The van der Waals surface area contributed by atoms with Crippen LogP contribution in [0.5, 0.6) is 11.6 Å². The van der Waals surface area contributed by atoms with Gasteiger partial charge in [0.15, 0.2) is 0 Å². The van der Waals surface area contributed by atoms with E-state index in [1.165, 1.54) is 6.08 Å². The number of carboxylic acid groups (broad SMARTS) is 1. The molecule has 2 aromatic rings. The van der Waals surface area contributed by atoms with Crippen LogP contribution in [-0.4, -0.2) is 16.1 Å². The standard InChI is InChI=1S/C15H12BrNO3/c1-10-4-6-12(16)9-13(10)20-15-11(3-2-8-17-15)5-7-14(18)19/h2-9H,1H3,(H,18,19)/b7-5+. The van der Waals surface area contributed by atoms with Crippen LogP contribution in [-0.2, 0) is 4.79 Å². The number of halogens is 1. The molecule has 0 fully saturated rings. The Bertz CT molecular complexity index is 668. The fourth-order valence-electron chi connectivity index (χ4n) is 1.56. The molecule has 102 valence electrons. The molecule has 20 heavy (non-hydrogen) atoms. The Morgan fingerprint density at radius 1 is 1.40 bits per heavy atom. The summed E-state index contributed by atoms with van der Waals surface area (Å²) in [6.45, 7) is 1.93. The highest BCUT2D eigenvalue weighted by Gasteiger charge is 2.07. The number of nitrogens with zero attached hydrogens (tertiary/aromatic N) is 1. The number of rotatable bonds is 4. The molecule has 2 rings (SSSR count). The van der Waals surface area contributed by atoms with Gasteiger partial charge in [-0.3, -0.25) is 0 Å². The van der Waals surface area contributed by atoms with Crippen LogP contribution < -0.4 is 4.74 Å². The average molecular weight is 334 g/mol. The van der Waals surface area contributed by atoms with Crippen LogP contribution >= 0.6 is 15.9 Å². The first-order valence-corrected chi connectivity index (χ1v) is 6.65. The Labute approximate surface area is 124 Å². The molecule has 0 aliphatic rings. The van der Waals surface area contributed by atoms with Crippen LogP contribution in [0.1, 0.15) is 11.1 Å². The summed E-state index contributed by atoms with van der Waals surface area (Å²) in [6, 6.07) is 9.16. The van der Waals surface area contributed by atoms with Gasteiger partial charge >= 0.3 is 5.97 Å². The predicted octanol–water partition coefficient (Wildman–Crippen LogP) is 4.04. The number of hydrogen-bond acceptors (Lipinski definition) is 3. The molecule has 1 aromatic heterocycles. The van der Waals surface area contributed by atoms with Crippen LogP contribution in [0.3, 0.4) is 0 Å². The molecular formula is C15H12BrNO3. The quantitative estimate of drug-likeness (QED) is 0.857.